The second-order valence-corrected chi connectivity index (χ2v) is 6.66. The van der Waals surface area contributed by atoms with E-state index >= 15 is 0 Å². The highest BCUT2D eigenvalue weighted by atomic mass is 19.1. The van der Waals surface area contributed by atoms with Gasteiger partial charge in [0.2, 0.25) is 11.8 Å². The van der Waals surface area contributed by atoms with Crippen molar-refractivity contribution in [3.8, 4) is 0 Å². The van der Waals surface area contributed by atoms with Gasteiger partial charge in [0, 0.05) is 5.41 Å². The van der Waals surface area contributed by atoms with E-state index < -0.39 is 35.2 Å². The predicted molar refractivity (Wildman–Crippen MR) is 86.6 cm³/mol. The molecule has 0 aliphatic heterocycles. The van der Waals surface area contributed by atoms with Gasteiger partial charge in [0.1, 0.15) is 11.9 Å². The maximum Gasteiger partial charge on any atom is 0.305 e. The van der Waals surface area contributed by atoms with E-state index in [9.17, 15) is 18.8 Å². The molecule has 3 N–H and O–H groups in total. The van der Waals surface area contributed by atoms with E-state index in [0.717, 1.165) is 0 Å². The van der Waals surface area contributed by atoms with Crippen LogP contribution in [0.2, 0.25) is 0 Å². The minimum absolute atomic E-state index is 0.290. The number of carbonyl (C=O) groups excluding carboxylic acids is 2. The van der Waals surface area contributed by atoms with Gasteiger partial charge in [-0.25, -0.2) is 4.39 Å². The van der Waals surface area contributed by atoms with Crippen molar-refractivity contribution >= 4 is 17.8 Å². The maximum atomic E-state index is 13.0. The molecule has 7 heteroatoms. The molecule has 0 spiro atoms. The molecule has 2 unspecified atom stereocenters. The van der Waals surface area contributed by atoms with Crippen LogP contribution in [0.5, 0.6) is 0 Å². The number of hydrogen-bond acceptors (Lipinski definition) is 3. The summed E-state index contributed by atoms with van der Waals surface area (Å²) in [6, 6.07) is 3.59. The number of benzene rings is 1. The molecular formula is C17H23FN2O4. The Morgan fingerprint density at radius 3 is 2.12 bits per heavy atom. The molecule has 1 aromatic rings. The fourth-order valence-electron chi connectivity index (χ4n) is 1.90. The first-order chi connectivity index (χ1) is 11.0. The third-order valence-corrected chi connectivity index (χ3v) is 3.39. The molecule has 132 valence electrons. The monoisotopic (exact) mass is 338 g/mol. The molecule has 0 aliphatic carbocycles. The molecule has 0 saturated heterocycles. The molecule has 0 fully saturated rings. The molecule has 2 atom stereocenters. The number of hydrogen-bond donors (Lipinski definition) is 3. The van der Waals surface area contributed by atoms with Gasteiger partial charge in [-0.3, -0.25) is 14.4 Å². The minimum Gasteiger partial charge on any atom is -0.481 e. The van der Waals surface area contributed by atoms with Gasteiger partial charge in [-0.2, -0.15) is 0 Å². The lowest BCUT2D eigenvalue weighted by molar-refractivity contribution is -0.138. The number of amides is 2. The molecule has 6 nitrogen and oxygen atoms in total. The van der Waals surface area contributed by atoms with Crippen LogP contribution in [0.15, 0.2) is 24.3 Å². The number of nitrogens with one attached hydrogen (secondary N) is 2. The van der Waals surface area contributed by atoms with Crippen LogP contribution < -0.4 is 10.6 Å². The third kappa shape index (κ3) is 5.98. The number of rotatable bonds is 6. The first kappa shape index (κ1) is 19.6. The Labute approximate surface area is 140 Å². The highest BCUT2D eigenvalue weighted by Crippen LogP contribution is 2.18. The average molecular weight is 338 g/mol. The van der Waals surface area contributed by atoms with Crippen molar-refractivity contribution in [2.45, 2.75) is 46.2 Å². The number of carbonyl (C=O) groups is 3. The van der Waals surface area contributed by atoms with Crippen LogP contribution >= 0.6 is 0 Å². The van der Waals surface area contributed by atoms with Crippen molar-refractivity contribution in [2.75, 3.05) is 0 Å². The van der Waals surface area contributed by atoms with Gasteiger partial charge in [0.05, 0.1) is 12.5 Å². The molecule has 0 heterocycles. The summed E-state index contributed by atoms with van der Waals surface area (Å²) < 4.78 is 13.0. The summed E-state index contributed by atoms with van der Waals surface area (Å²) in [5.74, 6) is -2.36. The minimum atomic E-state index is -1.10. The van der Waals surface area contributed by atoms with E-state index in [1.165, 1.54) is 31.2 Å². The van der Waals surface area contributed by atoms with Gasteiger partial charge < -0.3 is 15.7 Å². The average Bonchev–Trinajstić information content (AvgIpc) is 2.45. The Hall–Kier alpha value is -2.44. The number of aliphatic carboxylic acids is 1. The summed E-state index contributed by atoms with van der Waals surface area (Å²) in [7, 11) is 0. The van der Waals surface area contributed by atoms with Gasteiger partial charge in [-0.15, -0.1) is 0 Å². The molecular weight excluding hydrogens is 315 g/mol. The number of carboxylic acid groups (broad SMARTS) is 1. The lowest BCUT2D eigenvalue weighted by Crippen LogP contribution is -2.49. The molecule has 0 aromatic heterocycles. The fraction of sp³-hybridized carbons (Fsp3) is 0.471. The van der Waals surface area contributed by atoms with Crippen molar-refractivity contribution in [3.63, 3.8) is 0 Å². The van der Waals surface area contributed by atoms with Crippen LogP contribution in [0.4, 0.5) is 4.39 Å². The highest BCUT2D eigenvalue weighted by molar-refractivity contribution is 5.89. The topological polar surface area (TPSA) is 95.5 Å². The van der Waals surface area contributed by atoms with E-state index in [4.69, 9.17) is 5.11 Å². The van der Waals surface area contributed by atoms with Gasteiger partial charge >= 0.3 is 5.97 Å². The molecule has 1 rings (SSSR count). The van der Waals surface area contributed by atoms with Crippen LogP contribution in [0, 0.1) is 11.2 Å². The molecule has 0 bridgehead atoms. The second kappa shape index (κ2) is 7.90. The van der Waals surface area contributed by atoms with Crippen molar-refractivity contribution < 1.29 is 23.9 Å². The first-order valence-electron chi connectivity index (χ1n) is 7.59. The van der Waals surface area contributed by atoms with Crippen LogP contribution in [0.25, 0.3) is 0 Å². The zero-order valence-corrected chi connectivity index (χ0v) is 14.2. The Balaban J connectivity index is 2.82. The Kier molecular flexibility index (Phi) is 6.45. The third-order valence-electron chi connectivity index (χ3n) is 3.39. The van der Waals surface area contributed by atoms with E-state index in [0.29, 0.717) is 5.56 Å². The van der Waals surface area contributed by atoms with Crippen molar-refractivity contribution in [1.29, 1.82) is 0 Å². The Bertz CT molecular complexity index is 608. The Morgan fingerprint density at radius 2 is 1.67 bits per heavy atom. The number of carboxylic acids is 1. The standard InChI is InChI=1S/C17H23FN2O4/c1-10(19-16(24)17(2,3)4)15(23)20-13(9-14(21)22)11-5-7-12(18)8-6-11/h5-8,10,13H,9H2,1-4H3,(H,19,24)(H,20,23)(H,21,22). The van der Waals surface area contributed by atoms with Crippen LogP contribution in [0.3, 0.4) is 0 Å². The fourth-order valence-corrected chi connectivity index (χ4v) is 1.90. The first-order valence-corrected chi connectivity index (χ1v) is 7.59. The molecule has 2 amide bonds. The zero-order chi connectivity index (χ0) is 18.5. The Morgan fingerprint density at radius 1 is 1.12 bits per heavy atom. The smallest absolute Gasteiger partial charge is 0.305 e. The summed E-state index contributed by atoms with van der Waals surface area (Å²) in [5.41, 5.74) is -0.173. The molecule has 24 heavy (non-hydrogen) atoms. The summed E-state index contributed by atoms with van der Waals surface area (Å²) in [6.07, 6.45) is -0.350. The lowest BCUT2D eigenvalue weighted by Gasteiger charge is -2.24. The second-order valence-electron chi connectivity index (χ2n) is 6.66. The summed E-state index contributed by atoms with van der Waals surface area (Å²) >= 11 is 0. The predicted octanol–water partition coefficient (Wildman–Crippen LogP) is 2.01. The SMILES string of the molecule is CC(NC(=O)C(C)(C)C)C(=O)NC(CC(=O)O)c1ccc(F)cc1. The van der Waals surface area contributed by atoms with Gasteiger partial charge in [-0.05, 0) is 24.6 Å². The molecule has 0 saturated carbocycles. The van der Waals surface area contributed by atoms with E-state index in [1.807, 2.05) is 0 Å². The quantitative estimate of drug-likeness (QED) is 0.739. The maximum absolute atomic E-state index is 13.0. The van der Waals surface area contributed by atoms with E-state index in [2.05, 4.69) is 10.6 Å². The summed E-state index contributed by atoms with van der Waals surface area (Å²) in [5, 5.41) is 14.2. The van der Waals surface area contributed by atoms with Crippen LogP contribution in [-0.4, -0.2) is 28.9 Å². The van der Waals surface area contributed by atoms with Gasteiger partial charge in [-0.1, -0.05) is 32.9 Å². The van der Waals surface area contributed by atoms with E-state index in [1.54, 1.807) is 20.8 Å². The van der Waals surface area contributed by atoms with E-state index in [-0.39, 0.29) is 12.3 Å². The lowest BCUT2D eigenvalue weighted by atomic mass is 9.95. The van der Waals surface area contributed by atoms with Crippen molar-refractivity contribution in [2.24, 2.45) is 5.41 Å². The normalized spacial score (nSPS) is 13.7. The van der Waals surface area contributed by atoms with Crippen LogP contribution in [0.1, 0.15) is 45.7 Å². The highest BCUT2D eigenvalue weighted by Gasteiger charge is 2.27. The molecule has 1 aromatic carbocycles. The number of halogens is 1. The summed E-state index contributed by atoms with van der Waals surface area (Å²) in [4.78, 5) is 35.2. The van der Waals surface area contributed by atoms with Gasteiger partial charge in [0.25, 0.3) is 0 Å². The van der Waals surface area contributed by atoms with Crippen LogP contribution in [-0.2, 0) is 14.4 Å². The van der Waals surface area contributed by atoms with Crippen molar-refractivity contribution in [1.82, 2.24) is 10.6 Å². The molecule has 0 radical (unpaired) electrons. The zero-order valence-electron chi connectivity index (χ0n) is 14.2. The van der Waals surface area contributed by atoms with Crippen molar-refractivity contribution in [3.05, 3.63) is 35.6 Å². The largest absolute Gasteiger partial charge is 0.481 e. The summed E-state index contributed by atoms with van der Waals surface area (Å²) in [6.45, 7) is 6.68. The molecule has 0 aliphatic rings. The van der Waals surface area contributed by atoms with Gasteiger partial charge in [0.15, 0.2) is 0 Å².